The Morgan fingerprint density at radius 2 is 2.10 bits per heavy atom. The van der Waals surface area contributed by atoms with E-state index in [-0.39, 0.29) is 10.9 Å². The third kappa shape index (κ3) is 2.72. The second-order valence-electron chi connectivity index (χ2n) is 5.17. The highest BCUT2D eigenvalue weighted by Crippen LogP contribution is 2.21. The number of sulfonamides is 1. The fraction of sp³-hybridized carbons (Fsp3) is 0.357. The summed E-state index contributed by atoms with van der Waals surface area (Å²) >= 11 is 0. The van der Waals surface area contributed by atoms with Crippen molar-refractivity contribution in [1.29, 1.82) is 0 Å². The van der Waals surface area contributed by atoms with Crippen molar-refractivity contribution >= 4 is 21.0 Å². The van der Waals surface area contributed by atoms with E-state index in [0.717, 1.165) is 0 Å². The van der Waals surface area contributed by atoms with Crippen LogP contribution in [0.1, 0.15) is 6.92 Å². The molecule has 3 rings (SSSR count). The molecule has 1 aromatic carbocycles. The van der Waals surface area contributed by atoms with Crippen LogP contribution in [0.15, 0.2) is 44.4 Å². The quantitative estimate of drug-likeness (QED) is 0.829. The molecule has 1 aliphatic rings. The van der Waals surface area contributed by atoms with Gasteiger partial charge in [0.05, 0.1) is 4.90 Å². The zero-order valence-electron chi connectivity index (χ0n) is 11.6. The topological polar surface area (TPSA) is 79.6 Å². The number of fused-ring (bicyclic) bond motifs is 1. The van der Waals surface area contributed by atoms with E-state index in [1.54, 1.807) is 12.1 Å². The molecule has 0 spiro atoms. The van der Waals surface area contributed by atoms with Crippen molar-refractivity contribution in [3.63, 3.8) is 0 Å². The first-order valence-electron chi connectivity index (χ1n) is 6.74. The standard InChI is InChI=1S/C14H16N2O4S/c1-10-9-16(7-6-15-10)21(18,19)12-3-4-13-11(8-12)2-5-14(17)20-13/h2-5,8,10,15H,6-7,9H2,1H3. The molecule has 21 heavy (non-hydrogen) atoms. The molecule has 0 bridgehead atoms. The van der Waals surface area contributed by atoms with Crippen molar-refractivity contribution in [1.82, 2.24) is 9.62 Å². The summed E-state index contributed by atoms with van der Waals surface area (Å²) in [5.41, 5.74) is -0.0656. The average Bonchev–Trinajstić information content (AvgIpc) is 2.46. The Balaban J connectivity index is 2.02. The minimum Gasteiger partial charge on any atom is -0.423 e. The van der Waals surface area contributed by atoms with E-state index in [1.807, 2.05) is 6.92 Å². The summed E-state index contributed by atoms with van der Waals surface area (Å²) in [6.45, 7) is 3.50. The summed E-state index contributed by atoms with van der Waals surface area (Å²) < 4.78 is 31.8. The third-order valence-electron chi connectivity index (χ3n) is 3.56. The highest BCUT2D eigenvalue weighted by atomic mass is 32.2. The van der Waals surface area contributed by atoms with Gasteiger partial charge in [-0.1, -0.05) is 0 Å². The van der Waals surface area contributed by atoms with Crippen LogP contribution < -0.4 is 10.9 Å². The lowest BCUT2D eigenvalue weighted by Crippen LogP contribution is -2.51. The number of benzene rings is 1. The van der Waals surface area contributed by atoms with Gasteiger partial charge in [-0.25, -0.2) is 13.2 Å². The van der Waals surface area contributed by atoms with Crippen LogP contribution >= 0.6 is 0 Å². The summed E-state index contributed by atoms with van der Waals surface area (Å²) in [6.07, 6.45) is 0. The summed E-state index contributed by atoms with van der Waals surface area (Å²) in [4.78, 5) is 11.4. The van der Waals surface area contributed by atoms with Gasteiger partial charge in [0.2, 0.25) is 10.0 Å². The molecule has 2 aromatic rings. The Kier molecular flexibility index (Phi) is 3.56. The van der Waals surface area contributed by atoms with Crippen molar-refractivity contribution in [3.8, 4) is 0 Å². The van der Waals surface area contributed by atoms with Gasteiger partial charge in [-0.2, -0.15) is 4.31 Å². The van der Waals surface area contributed by atoms with Gasteiger partial charge >= 0.3 is 5.63 Å². The molecule has 1 N–H and O–H groups in total. The molecule has 1 unspecified atom stereocenters. The van der Waals surface area contributed by atoms with Gasteiger partial charge in [-0.3, -0.25) is 0 Å². The number of piperazine rings is 1. The molecule has 2 heterocycles. The molecular formula is C14H16N2O4S. The van der Waals surface area contributed by atoms with E-state index in [9.17, 15) is 13.2 Å². The fourth-order valence-corrected chi connectivity index (χ4v) is 4.04. The van der Waals surface area contributed by atoms with Crippen molar-refractivity contribution in [2.24, 2.45) is 0 Å². The smallest absolute Gasteiger partial charge is 0.336 e. The Morgan fingerprint density at radius 3 is 2.86 bits per heavy atom. The molecule has 1 aromatic heterocycles. The summed E-state index contributed by atoms with van der Waals surface area (Å²) in [6, 6.07) is 7.53. The number of rotatable bonds is 2. The lowest BCUT2D eigenvalue weighted by Gasteiger charge is -2.31. The average molecular weight is 308 g/mol. The number of hydrogen-bond acceptors (Lipinski definition) is 5. The maximum absolute atomic E-state index is 12.6. The van der Waals surface area contributed by atoms with Gasteiger partial charge < -0.3 is 9.73 Å². The number of nitrogens with one attached hydrogen (secondary N) is 1. The Morgan fingerprint density at radius 1 is 1.29 bits per heavy atom. The van der Waals surface area contributed by atoms with Crippen LogP contribution in [0, 0.1) is 0 Å². The highest BCUT2D eigenvalue weighted by molar-refractivity contribution is 7.89. The van der Waals surface area contributed by atoms with E-state index in [0.29, 0.717) is 30.6 Å². The zero-order valence-corrected chi connectivity index (χ0v) is 12.4. The molecule has 0 radical (unpaired) electrons. The first-order chi connectivity index (χ1) is 9.96. The third-order valence-corrected chi connectivity index (χ3v) is 5.42. The van der Waals surface area contributed by atoms with Crippen molar-refractivity contribution in [2.45, 2.75) is 17.9 Å². The van der Waals surface area contributed by atoms with Crippen LogP contribution in [0.25, 0.3) is 11.0 Å². The van der Waals surface area contributed by atoms with Crippen LogP contribution in [0.3, 0.4) is 0 Å². The van der Waals surface area contributed by atoms with Gasteiger partial charge in [0.15, 0.2) is 0 Å². The SMILES string of the molecule is CC1CN(S(=O)(=O)c2ccc3oc(=O)ccc3c2)CCN1. The molecule has 7 heteroatoms. The van der Waals surface area contributed by atoms with Crippen LogP contribution in [0.4, 0.5) is 0 Å². The van der Waals surface area contributed by atoms with Gasteiger partial charge in [0.25, 0.3) is 0 Å². The maximum Gasteiger partial charge on any atom is 0.336 e. The van der Waals surface area contributed by atoms with Crippen LogP contribution in [0.5, 0.6) is 0 Å². The van der Waals surface area contributed by atoms with E-state index in [4.69, 9.17) is 4.42 Å². The summed E-state index contributed by atoms with van der Waals surface area (Å²) in [5.74, 6) is 0. The lowest BCUT2D eigenvalue weighted by atomic mass is 10.2. The molecule has 1 fully saturated rings. The predicted molar refractivity (Wildman–Crippen MR) is 78.7 cm³/mol. The van der Waals surface area contributed by atoms with Crippen molar-refractivity contribution in [3.05, 3.63) is 40.8 Å². The number of nitrogens with zero attached hydrogens (tertiary/aromatic N) is 1. The minimum atomic E-state index is -3.52. The lowest BCUT2D eigenvalue weighted by molar-refractivity contribution is 0.310. The molecule has 1 saturated heterocycles. The van der Waals surface area contributed by atoms with Gasteiger partial charge in [-0.15, -0.1) is 0 Å². The molecule has 112 valence electrons. The van der Waals surface area contributed by atoms with Gasteiger partial charge in [0, 0.05) is 37.1 Å². The molecule has 6 nitrogen and oxygen atoms in total. The predicted octanol–water partition coefficient (Wildman–Crippen LogP) is 0.775. The highest BCUT2D eigenvalue weighted by Gasteiger charge is 2.28. The minimum absolute atomic E-state index is 0.131. The largest absolute Gasteiger partial charge is 0.423 e. The normalized spacial score (nSPS) is 20.7. The molecule has 1 aliphatic heterocycles. The first kappa shape index (κ1) is 14.2. The second kappa shape index (κ2) is 5.25. The Labute approximate surface area is 122 Å². The van der Waals surface area contributed by atoms with Gasteiger partial charge in [-0.05, 0) is 31.2 Å². The van der Waals surface area contributed by atoms with Crippen LogP contribution in [-0.4, -0.2) is 38.4 Å². The summed E-state index contributed by atoms with van der Waals surface area (Å²) in [5, 5.41) is 3.81. The molecule has 0 saturated carbocycles. The van der Waals surface area contributed by atoms with Crippen molar-refractivity contribution < 1.29 is 12.8 Å². The Bertz CT molecular complexity index is 828. The van der Waals surface area contributed by atoms with E-state index in [1.165, 1.54) is 22.5 Å². The maximum atomic E-state index is 12.6. The fourth-order valence-electron chi connectivity index (χ4n) is 2.47. The van der Waals surface area contributed by atoms with Crippen LogP contribution in [-0.2, 0) is 10.0 Å². The molecular weight excluding hydrogens is 292 g/mol. The summed E-state index contributed by atoms with van der Waals surface area (Å²) in [7, 11) is -3.52. The first-order valence-corrected chi connectivity index (χ1v) is 8.18. The molecule has 0 aliphatic carbocycles. The Hall–Kier alpha value is -1.70. The monoisotopic (exact) mass is 308 g/mol. The number of hydrogen-bond donors (Lipinski definition) is 1. The van der Waals surface area contributed by atoms with E-state index < -0.39 is 15.6 Å². The zero-order chi connectivity index (χ0) is 15.0. The van der Waals surface area contributed by atoms with Crippen LogP contribution in [0.2, 0.25) is 0 Å². The second-order valence-corrected chi connectivity index (χ2v) is 7.11. The van der Waals surface area contributed by atoms with Gasteiger partial charge in [0.1, 0.15) is 5.58 Å². The molecule has 1 atom stereocenters. The van der Waals surface area contributed by atoms with Crippen molar-refractivity contribution in [2.75, 3.05) is 19.6 Å². The van der Waals surface area contributed by atoms with E-state index in [2.05, 4.69) is 5.32 Å². The van der Waals surface area contributed by atoms with E-state index >= 15 is 0 Å². The molecule has 0 amide bonds.